The number of nitrogens with two attached hydrogens (primary N) is 1. The number of morpholine rings is 1. The molecule has 5 rings (SSSR count). The van der Waals surface area contributed by atoms with Crippen molar-refractivity contribution in [2.75, 3.05) is 30.3 Å². The first-order valence-corrected chi connectivity index (χ1v) is 11.7. The van der Waals surface area contributed by atoms with Gasteiger partial charge in [0.15, 0.2) is 0 Å². The van der Waals surface area contributed by atoms with Crippen LogP contribution in [0.4, 0.5) is 17.3 Å². The number of hydrogen-bond acceptors (Lipinski definition) is 8. The predicted molar refractivity (Wildman–Crippen MR) is 141 cm³/mol. The third-order valence-corrected chi connectivity index (χ3v) is 6.00. The van der Waals surface area contributed by atoms with E-state index < -0.39 is 0 Å². The zero-order chi connectivity index (χ0) is 24.9. The lowest BCUT2D eigenvalue weighted by Gasteiger charge is -2.31. The zero-order valence-corrected chi connectivity index (χ0v) is 19.6. The van der Waals surface area contributed by atoms with Gasteiger partial charge in [0.1, 0.15) is 6.10 Å². The molecule has 5 N–H and O–H groups in total. The minimum Gasteiger partial charge on any atom is -0.369 e. The molecule has 1 aliphatic rings. The summed E-state index contributed by atoms with van der Waals surface area (Å²) in [7, 11) is 0. The first-order chi connectivity index (χ1) is 17.6. The third kappa shape index (κ3) is 5.08. The number of aromatic nitrogens is 3. The van der Waals surface area contributed by atoms with Crippen LogP contribution in [-0.2, 0) is 9.53 Å². The van der Waals surface area contributed by atoms with E-state index in [-0.39, 0.29) is 18.1 Å². The second-order valence-electron chi connectivity index (χ2n) is 8.40. The molecule has 0 bridgehead atoms. The number of nitrogens with one attached hydrogen (secondary N) is 3. The van der Waals surface area contributed by atoms with Crippen LogP contribution < -0.4 is 21.7 Å². The molecule has 1 aliphatic heterocycles. The normalized spacial score (nSPS) is 17.5. The van der Waals surface area contributed by atoms with Gasteiger partial charge in [-0.2, -0.15) is 0 Å². The van der Waals surface area contributed by atoms with E-state index in [1.54, 1.807) is 12.4 Å². The fourth-order valence-corrected chi connectivity index (χ4v) is 4.24. The van der Waals surface area contributed by atoms with Crippen molar-refractivity contribution in [2.45, 2.75) is 12.1 Å². The Labute approximate surface area is 208 Å². The molecule has 0 spiro atoms. The fraction of sp³-hybridized carbons (Fsp3) is 0.185. The van der Waals surface area contributed by atoms with E-state index in [0.717, 1.165) is 40.0 Å². The van der Waals surface area contributed by atoms with E-state index in [9.17, 15) is 4.79 Å². The summed E-state index contributed by atoms with van der Waals surface area (Å²) >= 11 is 0. The van der Waals surface area contributed by atoms with Gasteiger partial charge in [0.25, 0.3) is 0 Å². The van der Waals surface area contributed by atoms with Gasteiger partial charge in [-0.3, -0.25) is 9.78 Å². The van der Waals surface area contributed by atoms with Crippen LogP contribution in [0.1, 0.15) is 11.8 Å². The fourth-order valence-electron chi connectivity index (χ4n) is 4.24. The van der Waals surface area contributed by atoms with Gasteiger partial charge in [0.2, 0.25) is 11.9 Å². The molecule has 2 aromatic heterocycles. The molecule has 9 heteroatoms. The van der Waals surface area contributed by atoms with E-state index in [2.05, 4.69) is 32.5 Å². The summed E-state index contributed by atoms with van der Waals surface area (Å²) in [5.41, 5.74) is 10.8. The number of nitrogens with zero attached hydrogens (tertiary/aromatic N) is 3. The zero-order valence-electron chi connectivity index (χ0n) is 19.6. The SMILES string of the molecule is C=CC(=O)Nc1cccc(-c2cccc3cnc(Nc4ccc(C5OCCNC5CN)nc4)nc23)c1. The first kappa shape index (κ1) is 23.6. The molecule has 182 valence electrons. The molecular weight excluding hydrogens is 454 g/mol. The standard InChI is InChI=1S/C27H27N7O2/c1-2-24(35)32-19-7-3-5-17(13-19)21-8-4-6-18-15-31-27(34-25(18)21)33-20-9-10-22(30-16-20)26-23(14-28)29-11-12-36-26/h2-10,13,15-16,23,26,29H,1,11-12,14,28H2,(H,32,35)(H,31,33,34). The summed E-state index contributed by atoms with van der Waals surface area (Å²) in [6.07, 6.45) is 4.59. The van der Waals surface area contributed by atoms with Crippen molar-refractivity contribution in [3.8, 4) is 11.1 Å². The highest BCUT2D eigenvalue weighted by Gasteiger charge is 2.27. The van der Waals surface area contributed by atoms with Crippen molar-refractivity contribution < 1.29 is 9.53 Å². The summed E-state index contributed by atoms with van der Waals surface area (Å²) in [5.74, 6) is 0.194. The number of pyridine rings is 1. The van der Waals surface area contributed by atoms with Gasteiger partial charge in [0, 0.05) is 35.9 Å². The van der Waals surface area contributed by atoms with Crippen LogP contribution in [0.5, 0.6) is 0 Å². The van der Waals surface area contributed by atoms with Crippen molar-refractivity contribution in [3.05, 3.63) is 85.3 Å². The van der Waals surface area contributed by atoms with Crippen LogP contribution in [0.25, 0.3) is 22.0 Å². The third-order valence-electron chi connectivity index (χ3n) is 6.00. The number of carbonyl (C=O) groups is 1. The molecule has 2 atom stereocenters. The van der Waals surface area contributed by atoms with Crippen LogP contribution >= 0.6 is 0 Å². The van der Waals surface area contributed by atoms with E-state index in [1.165, 1.54) is 6.08 Å². The molecule has 2 unspecified atom stereocenters. The number of fused-ring (bicyclic) bond motifs is 1. The maximum Gasteiger partial charge on any atom is 0.247 e. The Morgan fingerprint density at radius 2 is 2.03 bits per heavy atom. The number of hydrogen-bond donors (Lipinski definition) is 4. The Morgan fingerprint density at radius 1 is 1.14 bits per heavy atom. The Bertz CT molecular complexity index is 1390. The van der Waals surface area contributed by atoms with Crippen LogP contribution in [0.2, 0.25) is 0 Å². The number of anilines is 3. The largest absolute Gasteiger partial charge is 0.369 e. The van der Waals surface area contributed by atoms with E-state index in [4.69, 9.17) is 15.5 Å². The lowest BCUT2D eigenvalue weighted by atomic mass is 10.0. The highest BCUT2D eigenvalue weighted by Crippen LogP contribution is 2.30. The highest BCUT2D eigenvalue weighted by atomic mass is 16.5. The lowest BCUT2D eigenvalue weighted by Crippen LogP contribution is -2.48. The van der Waals surface area contributed by atoms with Crippen molar-refractivity contribution in [1.82, 2.24) is 20.3 Å². The average molecular weight is 482 g/mol. The molecule has 2 aromatic carbocycles. The topological polar surface area (TPSA) is 127 Å². The second kappa shape index (κ2) is 10.6. The highest BCUT2D eigenvalue weighted by molar-refractivity contribution is 6.00. The number of ether oxygens (including phenoxy) is 1. The molecule has 0 saturated carbocycles. The summed E-state index contributed by atoms with van der Waals surface area (Å²) in [6.45, 7) is 5.39. The van der Waals surface area contributed by atoms with Gasteiger partial charge in [-0.05, 0) is 35.9 Å². The Morgan fingerprint density at radius 3 is 2.83 bits per heavy atom. The summed E-state index contributed by atoms with van der Waals surface area (Å²) in [4.78, 5) is 25.6. The lowest BCUT2D eigenvalue weighted by molar-refractivity contribution is -0.111. The maximum absolute atomic E-state index is 11.7. The molecule has 1 fully saturated rings. The molecular formula is C27H27N7O2. The Balaban J connectivity index is 1.40. The van der Waals surface area contributed by atoms with Crippen LogP contribution in [-0.4, -0.2) is 46.6 Å². The molecule has 1 saturated heterocycles. The maximum atomic E-state index is 11.7. The quantitative estimate of drug-likeness (QED) is 0.295. The summed E-state index contributed by atoms with van der Waals surface area (Å²) in [6, 6.07) is 17.4. The number of rotatable bonds is 7. The molecule has 1 amide bonds. The molecule has 36 heavy (non-hydrogen) atoms. The van der Waals surface area contributed by atoms with Gasteiger partial charge >= 0.3 is 0 Å². The molecule has 4 aromatic rings. The van der Waals surface area contributed by atoms with Gasteiger partial charge in [-0.25, -0.2) is 9.97 Å². The number of benzene rings is 2. The van der Waals surface area contributed by atoms with E-state index in [1.807, 2.05) is 54.6 Å². The average Bonchev–Trinajstić information content (AvgIpc) is 2.93. The summed E-state index contributed by atoms with van der Waals surface area (Å²) < 4.78 is 5.89. The predicted octanol–water partition coefficient (Wildman–Crippen LogP) is 3.55. The van der Waals surface area contributed by atoms with Crippen molar-refractivity contribution >= 4 is 34.1 Å². The van der Waals surface area contributed by atoms with Crippen LogP contribution in [0.15, 0.2) is 79.6 Å². The molecule has 9 nitrogen and oxygen atoms in total. The van der Waals surface area contributed by atoms with Crippen molar-refractivity contribution in [2.24, 2.45) is 5.73 Å². The first-order valence-electron chi connectivity index (χ1n) is 11.7. The van der Waals surface area contributed by atoms with Gasteiger partial charge in [-0.1, -0.05) is 36.9 Å². The van der Waals surface area contributed by atoms with Gasteiger partial charge in [0.05, 0.1) is 35.7 Å². The van der Waals surface area contributed by atoms with Gasteiger partial charge < -0.3 is 26.4 Å². The minimum atomic E-state index is -0.261. The smallest absolute Gasteiger partial charge is 0.247 e. The summed E-state index contributed by atoms with van der Waals surface area (Å²) in [5, 5.41) is 10.3. The minimum absolute atomic E-state index is 0.0379. The van der Waals surface area contributed by atoms with Crippen LogP contribution in [0.3, 0.4) is 0 Å². The van der Waals surface area contributed by atoms with Gasteiger partial charge in [-0.15, -0.1) is 0 Å². The monoisotopic (exact) mass is 481 g/mol. The molecule has 0 aliphatic carbocycles. The van der Waals surface area contributed by atoms with Crippen LogP contribution in [0, 0.1) is 0 Å². The number of amides is 1. The second-order valence-corrected chi connectivity index (χ2v) is 8.40. The van der Waals surface area contributed by atoms with Crippen molar-refractivity contribution in [3.63, 3.8) is 0 Å². The Hall–Kier alpha value is -4.18. The van der Waals surface area contributed by atoms with E-state index in [0.29, 0.717) is 24.8 Å². The number of carbonyl (C=O) groups excluding carboxylic acids is 1. The number of para-hydroxylation sites is 1. The Kier molecular flexibility index (Phi) is 6.94. The van der Waals surface area contributed by atoms with Crippen molar-refractivity contribution in [1.29, 1.82) is 0 Å². The molecule has 0 radical (unpaired) electrons. The molecule has 3 heterocycles. The van der Waals surface area contributed by atoms with E-state index >= 15 is 0 Å².